The predicted molar refractivity (Wildman–Crippen MR) is 147 cm³/mol. The van der Waals surface area contributed by atoms with Crippen molar-refractivity contribution in [1.82, 2.24) is 0 Å². The number of nitrogens with one attached hydrogen (secondary N) is 1. The first kappa shape index (κ1) is 25.8. The molecule has 0 aliphatic carbocycles. The highest BCUT2D eigenvalue weighted by Gasteiger charge is 2.41. The van der Waals surface area contributed by atoms with Gasteiger partial charge in [0.2, 0.25) is 5.91 Å². The van der Waals surface area contributed by atoms with E-state index in [0.717, 1.165) is 22.3 Å². The summed E-state index contributed by atoms with van der Waals surface area (Å²) in [5.41, 5.74) is 4.87. The average Bonchev–Trinajstić information content (AvgIpc) is 3.16. The number of benzene rings is 3. The van der Waals surface area contributed by atoms with Crippen molar-refractivity contribution in [3.63, 3.8) is 0 Å². The van der Waals surface area contributed by atoms with Gasteiger partial charge >= 0.3 is 0 Å². The molecule has 1 aliphatic heterocycles. The fraction of sp³-hybridized carbons (Fsp3) is 0.179. The second kappa shape index (κ2) is 10.8. The molecule has 2 amide bonds. The van der Waals surface area contributed by atoms with Crippen molar-refractivity contribution in [1.29, 1.82) is 5.26 Å². The Morgan fingerprint density at radius 2 is 1.78 bits per heavy atom. The number of hydrogen-bond acceptors (Lipinski definition) is 4. The SMILES string of the molecule is Cc1ccc(NC(=O)/C(C#N)=C2\S[C@@H](Cc3cccc(Cl)c3Cl)C(=O)N2c2ccc(C)c(C)c2)cc1. The maximum atomic E-state index is 13.7. The number of amides is 2. The topological polar surface area (TPSA) is 73.2 Å². The van der Waals surface area contributed by atoms with Crippen LogP contribution in [-0.2, 0) is 16.0 Å². The van der Waals surface area contributed by atoms with Crippen LogP contribution in [0, 0.1) is 32.1 Å². The van der Waals surface area contributed by atoms with Gasteiger partial charge in [-0.15, -0.1) is 0 Å². The third-order valence-corrected chi connectivity index (χ3v) is 8.12. The molecule has 36 heavy (non-hydrogen) atoms. The molecule has 1 saturated heterocycles. The van der Waals surface area contributed by atoms with E-state index in [9.17, 15) is 14.9 Å². The van der Waals surface area contributed by atoms with E-state index in [2.05, 4.69) is 5.32 Å². The van der Waals surface area contributed by atoms with Crippen molar-refractivity contribution >= 4 is 58.2 Å². The van der Waals surface area contributed by atoms with Crippen LogP contribution in [0.15, 0.2) is 71.3 Å². The Morgan fingerprint density at radius 3 is 2.44 bits per heavy atom. The number of hydrogen-bond donors (Lipinski definition) is 1. The highest BCUT2D eigenvalue weighted by molar-refractivity contribution is 8.05. The summed E-state index contributed by atoms with van der Waals surface area (Å²) in [6, 6.07) is 20.2. The molecule has 4 rings (SSSR count). The van der Waals surface area contributed by atoms with Crippen LogP contribution in [0.1, 0.15) is 22.3 Å². The van der Waals surface area contributed by atoms with Gasteiger partial charge in [-0.05, 0) is 74.2 Å². The van der Waals surface area contributed by atoms with Crippen LogP contribution in [0.3, 0.4) is 0 Å². The Balaban J connectivity index is 1.76. The summed E-state index contributed by atoms with van der Waals surface area (Å²) in [6.45, 7) is 5.88. The van der Waals surface area contributed by atoms with Gasteiger partial charge in [-0.3, -0.25) is 14.5 Å². The zero-order chi connectivity index (χ0) is 26.0. The van der Waals surface area contributed by atoms with Crippen LogP contribution in [0.25, 0.3) is 0 Å². The van der Waals surface area contributed by atoms with Crippen molar-refractivity contribution in [2.24, 2.45) is 0 Å². The molecule has 0 unspecified atom stereocenters. The molecule has 1 fully saturated rings. The standard InChI is InChI=1S/C28H23Cl2N3O2S/c1-16-7-10-20(11-8-16)32-26(34)22(15-31)28-33(21-12-9-17(2)18(3)13-21)27(35)24(36-28)14-19-5-4-6-23(29)25(19)30/h4-13,24H,14H2,1-3H3,(H,32,34)/b28-22-/t24-/m0/s1. The lowest BCUT2D eigenvalue weighted by Crippen LogP contribution is -2.31. The summed E-state index contributed by atoms with van der Waals surface area (Å²) < 4.78 is 0. The Morgan fingerprint density at radius 1 is 1.06 bits per heavy atom. The van der Waals surface area contributed by atoms with E-state index < -0.39 is 11.2 Å². The number of nitriles is 1. The van der Waals surface area contributed by atoms with Crippen LogP contribution >= 0.6 is 35.0 Å². The van der Waals surface area contributed by atoms with Gasteiger partial charge in [0, 0.05) is 11.4 Å². The molecule has 0 saturated carbocycles. The number of rotatable bonds is 5. The quantitative estimate of drug-likeness (QED) is 0.282. The minimum Gasteiger partial charge on any atom is -0.321 e. The van der Waals surface area contributed by atoms with Gasteiger partial charge in [0.05, 0.1) is 15.3 Å². The Kier molecular flexibility index (Phi) is 7.75. The average molecular weight is 536 g/mol. The lowest BCUT2D eigenvalue weighted by atomic mass is 10.1. The van der Waals surface area contributed by atoms with Crippen molar-refractivity contribution in [2.45, 2.75) is 32.4 Å². The van der Waals surface area contributed by atoms with Crippen LogP contribution in [0.5, 0.6) is 0 Å². The van der Waals surface area contributed by atoms with Crippen molar-refractivity contribution in [3.8, 4) is 6.07 Å². The Hall–Kier alpha value is -3.24. The number of anilines is 2. The zero-order valence-electron chi connectivity index (χ0n) is 19.9. The first-order valence-electron chi connectivity index (χ1n) is 11.2. The molecule has 182 valence electrons. The van der Waals surface area contributed by atoms with Gasteiger partial charge in [-0.25, -0.2) is 0 Å². The summed E-state index contributed by atoms with van der Waals surface area (Å²) in [7, 11) is 0. The Labute approximate surface area is 224 Å². The van der Waals surface area contributed by atoms with E-state index in [0.29, 0.717) is 32.9 Å². The number of thioether (sulfide) groups is 1. The molecule has 0 radical (unpaired) electrons. The highest BCUT2D eigenvalue weighted by Crippen LogP contribution is 2.43. The molecule has 8 heteroatoms. The normalized spacial score (nSPS) is 16.6. The van der Waals surface area contributed by atoms with Gasteiger partial charge in [0.25, 0.3) is 5.91 Å². The molecule has 1 aliphatic rings. The van der Waals surface area contributed by atoms with E-state index in [1.807, 2.05) is 63.2 Å². The molecular weight excluding hydrogens is 513 g/mol. The van der Waals surface area contributed by atoms with E-state index in [-0.39, 0.29) is 11.5 Å². The molecule has 3 aromatic rings. The third kappa shape index (κ3) is 5.29. The van der Waals surface area contributed by atoms with Crippen molar-refractivity contribution in [2.75, 3.05) is 10.2 Å². The monoisotopic (exact) mass is 535 g/mol. The second-order valence-corrected chi connectivity index (χ2v) is 10.6. The van der Waals surface area contributed by atoms with Crippen LogP contribution < -0.4 is 10.2 Å². The van der Waals surface area contributed by atoms with Gasteiger partial charge in [0.15, 0.2) is 0 Å². The molecule has 1 N–H and O–H groups in total. The molecule has 1 heterocycles. The van der Waals surface area contributed by atoms with E-state index in [1.54, 1.807) is 24.3 Å². The second-order valence-electron chi connectivity index (χ2n) is 8.58. The highest BCUT2D eigenvalue weighted by atomic mass is 35.5. The number of carbonyl (C=O) groups is 2. The molecule has 0 spiro atoms. The number of nitrogens with zero attached hydrogens (tertiary/aromatic N) is 2. The third-order valence-electron chi connectivity index (χ3n) is 6.00. The van der Waals surface area contributed by atoms with E-state index in [1.165, 1.54) is 16.7 Å². The van der Waals surface area contributed by atoms with Gasteiger partial charge in [-0.2, -0.15) is 5.26 Å². The van der Waals surface area contributed by atoms with Crippen molar-refractivity contribution in [3.05, 3.63) is 104 Å². The summed E-state index contributed by atoms with van der Waals surface area (Å²) in [4.78, 5) is 28.4. The fourth-order valence-electron chi connectivity index (χ4n) is 3.82. The van der Waals surface area contributed by atoms with Crippen LogP contribution in [0.2, 0.25) is 10.0 Å². The Bertz CT molecular complexity index is 1430. The van der Waals surface area contributed by atoms with Gasteiger partial charge < -0.3 is 5.32 Å². The molecule has 3 aromatic carbocycles. The van der Waals surface area contributed by atoms with Crippen molar-refractivity contribution < 1.29 is 9.59 Å². The summed E-state index contributed by atoms with van der Waals surface area (Å²) in [5, 5.41) is 13.3. The maximum absolute atomic E-state index is 13.7. The van der Waals surface area contributed by atoms with Crippen LogP contribution in [-0.4, -0.2) is 17.1 Å². The number of halogens is 2. The zero-order valence-corrected chi connectivity index (χ0v) is 22.3. The van der Waals surface area contributed by atoms with Gasteiger partial charge in [0.1, 0.15) is 16.7 Å². The predicted octanol–water partition coefficient (Wildman–Crippen LogP) is 6.98. The van der Waals surface area contributed by atoms with E-state index >= 15 is 0 Å². The largest absolute Gasteiger partial charge is 0.321 e. The minimum atomic E-state index is -0.590. The molecule has 1 atom stereocenters. The molecule has 0 bridgehead atoms. The number of aryl methyl sites for hydroxylation is 3. The van der Waals surface area contributed by atoms with E-state index in [4.69, 9.17) is 23.2 Å². The minimum absolute atomic E-state index is 0.133. The smallest absolute Gasteiger partial charge is 0.269 e. The van der Waals surface area contributed by atoms with Gasteiger partial charge in [-0.1, -0.05) is 70.9 Å². The maximum Gasteiger partial charge on any atom is 0.269 e. The fourth-order valence-corrected chi connectivity index (χ4v) is 5.52. The lowest BCUT2D eigenvalue weighted by Gasteiger charge is -2.20. The molecular formula is C28H23Cl2N3O2S. The summed E-state index contributed by atoms with van der Waals surface area (Å²) >= 11 is 13.8. The number of carbonyl (C=O) groups excluding carboxylic acids is 2. The molecule has 0 aromatic heterocycles. The lowest BCUT2D eigenvalue weighted by molar-refractivity contribution is -0.117. The first-order valence-corrected chi connectivity index (χ1v) is 12.9. The first-order chi connectivity index (χ1) is 17.2. The summed E-state index contributed by atoms with van der Waals surface area (Å²) in [5.74, 6) is -0.808. The summed E-state index contributed by atoms with van der Waals surface area (Å²) in [6.07, 6.45) is 0.298. The van der Waals surface area contributed by atoms with Crippen LogP contribution in [0.4, 0.5) is 11.4 Å². The molecule has 5 nitrogen and oxygen atoms in total.